The molecule has 0 saturated heterocycles. The summed E-state index contributed by atoms with van der Waals surface area (Å²) in [5.74, 6) is 0. The molecule has 4 heteroatoms. The van der Waals surface area contributed by atoms with Crippen molar-refractivity contribution >= 4 is 12.6 Å². The Balaban J connectivity index is 0.000000810. The molecule has 1 rings (SSSR count). The number of hydrogen-bond acceptors (Lipinski definition) is 3. The molecule has 1 aromatic rings. The second-order valence-corrected chi connectivity index (χ2v) is 2.30. The van der Waals surface area contributed by atoms with Gasteiger partial charge in [-0.25, -0.2) is 0 Å². The first-order valence-corrected chi connectivity index (χ1v) is 3.08. The topological polar surface area (TPSA) is 25.8 Å². The molecular formula is C6H7CuN2S. The Kier molecular flexibility index (Phi) is 3.79. The average molecular weight is 203 g/mol. The standard InChI is InChI=1S/C6H8N2S.Cu/c1-4-3-5(2)8-6(9)7-4;/h3H,1-2H3,(H,7,8,9);/q;+1/p-1. The molecule has 0 bridgehead atoms. The smallest absolute Gasteiger partial charge is 0.740 e. The molecule has 0 N–H and O–H groups in total. The first kappa shape index (κ1) is 9.82. The van der Waals surface area contributed by atoms with Crippen LogP contribution >= 0.6 is 0 Å². The normalized spacial score (nSPS) is 8.60. The van der Waals surface area contributed by atoms with Crippen molar-refractivity contribution in [2.75, 3.05) is 0 Å². The van der Waals surface area contributed by atoms with Crippen molar-refractivity contribution in [1.29, 1.82) is 0 Å². The maximum absolute atomic E-state index is 4.76. The number of rotatable bonds is 0. The molecule has 0 amide bonds. The molecule has 0 fully saturated rings. The zero-order valence-corrected chi connectivity index (χ0v) is 7.44. The van der Waals surface area contributed by atoms with Crippen molar-refractivity contribution in [3.8, 4) is 0 Å². The van der Waals surface area contributed by atoms with Gasteiger partial charge in [-0.15, -0.1) is 0 Å². The molecule has 0 saturated carbocycles. The SMILES string of the molecule is Cc1cc(C)nc([S-])n1.[Cu+]. The number of aromatic nitrogens is 2. The van der Waals surface area contributed by atoms with Crippen LogP contribution in [0.25, 0.3) is 0 Å². The van der Waals surface area contributed by atoms with E-state index in [0.29, 0.717) is 5.16 Å². The molecule has 0 aliphatic heterocycles. The molecule has 0 aliphatic rings. The van der Waals surface area contributed by atoms with Gasteiger partial charge in [0.1, 0.15) is 0 Å². The van der Waals surface area contributed by atoms with Crippen molar-refractivity contribution in [2.24, 2.45) is 0 Å². The fraction of sp³-hybridized carbons (Fsp3) is 0.333. The van der Waals surface area contributed by atoms with E-state index >= 15 is 0 Å². The molecule has 0 atom stereocenters. The van der Waals surface area contributed by atoms with Gasteiger partial charge in [0.25, 0.3) is 0 Å². The molecule has 0 radical (unpaired) electrons. The van der Waals surface area contributed by atoms with Crippen molar-refractivity contribution in [1.82, 2.24) is 9.97 Å². The van der Waals surface area contributed by atoms with Crippen LogP contribution in [0.15, 0.2) is 11.2 Å². The number of nitrogens with zero attached hydrogens (tertiary/aromatic N) is 2. The second-order valence-electron chi connectivity index (χ2n) is 1.93. The van der Waals surface area contributed by atoms with E-state index in [0.717, 1.165) is 11.4 Å². The summed E-state index contributed by atoms with van der Waals surface area (Å²) in [6.07, 6.45) is 0. The van der Waals surface area contributed by atoms with Gasteiger partial charge in [0.15, 0.2) is 0 Å². The Labute approximate surface area is 76.4 Å². The van der Waals surface area contributed by atoms with Crippen LogP contribution in [0.4, 0.5) is 0 Å². The Morgan fingerprint density at radius 2 is 1.60 bits per heavy atom. The molecule has 1 aromatic heterocycles. The van der Waals surface area contributed by atoms with Gasteiger partial charge < -0.3 is 12.6 Å². The van der Waals surface area contributed by atoms with Gasteiger partial charge in [-0.3, -0.25) is 9.97 Å². The Morgan fingerprint density at radius 3 is 1.90 bits per heavy atom. The summed E-state index contributed by atoms with van der Waals surface area (Å²) in [6.45, 7) is 3.81. The predicted molar refractivity (Wildman–Crippen MR) is 37.1 cm³/mol. The maximum Gasteiger partial charge on any atom is 1.00 e. The number of hydrogen-bond donors (Lipinski definition) is 0. The first-order valence-electron chi connectivity index (χ1n) is 2.68. The van der Waals surface area contributed by atoms with Crippen LogP contribution in [0.2, 0.25) is 0 Å². The van der Waals surface area contributed by atoms with Gasteiger partial charge in [0.05, 0.1) is 0 Å². The minimum Gasteiger partial charge on any atom is -0.740 e. The van der Waals surface area contributed by atoms with Gasteiger partial charge in [-0.1, -0.05) is 0 Å². The van der Waals surface area contributed by atoms with Crippen molar-refractivity contribution in [2.45, 2.75) is 19.0 Å². The van der Waals surface area contributed by atoms with Gasteiger partial charge >= 0.3 is 17.1 Å². The van der Waals surface area contributed by atoms with Gasteiger partial charge in [-0.2, -0.15) is 0 Å². The van der Waals surface area contributed by atoms with E-state index in [4.69, 9.17) is 12.6 Å². The fourth-order valence-electron chi connectivity index (χ4n) is 0.694. The summed E-state index contributed by atoms with van der Waals surface area (Å²) >= 11 is 4.76. The van der Waals surface area contributed by atoms with Crippen LogP contribution in [0.5, 0.6) is 0 Å². The Morgan fingerprint density at radius 1 is 1.20 bits per heavy atom. The first-order chi connectivity index (χ1) is 4.18. The van der Waals surface area contributed by atoms with Crippen LogP contribution < -0.4 is 0 Å². The van der Waals surface area contributed by atoms with Crippen molar-refractivity contribution in [3.05, 3.63) is 17.5 Å². The largest absolute Gasteiger partial charge is 1.00 e. The third kappa shape index (κ3) is 2.60. The van der Waals surface area contributed by atoms with Crippen molar-refractivity contribution < 1.29 is 17.1 Å². The number of aryl methyl sites for hydroxylation is 2. The second kappa shape index (κ2) is 3.86. The van der Waals surface area contributed by atoms with Crippen LogP contribution in [0.1, 0.15) is 11.4 Å². The molecule has 1 heterocycles. The molecular weight excluding hydrogens is 196 g/mol. The minimum atomic E-state index is 0. The minimum absolute atomic E-state index is 0. The molecule has 0 aromatic carbocycles. The Hall–Kier alpha value is -0.181. The summed E-state index contributed by atoms with van der Waals surface area (Å²) < 4.78 is 0. The van der Waals surface area contributed by atoms with E-state index in [-0.39, 0.29) is 17.1 Å². The third-order valence-corrected chi connectivity index (χ3v) is 1.14. The Bertz CT molecular complexity index is 177. The molecule has 10 heavy (non-hydrogen) atoms. The molecule has 0 unspecified atom stereocenters. The van der Waals surface area contributed by atoms with E-state index in [1.165, 1.54) is 0 Å². The van der Waals surface area contributed by atoms with E-state index in [2.05, 4.69) is 9.97 Å². The van der Waals surface area contributed by atoms with E-state index < -0.39 is 0 Å². The quantitative estimate of drug-likeness (QED) is 0.357. The fourth-order valence-corrected chi connectivity index (χ4v) is 0.982. The summed E-state index contributed by atoms with van der Waals surface area (Å²) in [5.41, 5.74) is 1.88. The zero-order valence-electron chi connectivity index (χ0n) is 5.68. The molecule has 0 aliphatic carbocycles. The van der Waals surface area contributed by atoms with Gasteiger partial charge in [0.2, 0.25) is 0 Å². The maximum atomic E-state index is 4.76. The summed E-state index contributed by atoms with van der Waals surface area (Å²) in [5, 5.41) is 0.438. The monoisotopic (exact) mass is 202 g/mol. The summed E-state index contributed by atoms with van der Waals surface area (Å²) in [6, 6.07) is 1.90. The van der Waals surface area contributed by atoms with E-state index in [9.17, 15) is 0 Å². The molecule has 58 valence electrons. The average Bonchev–Trinajstić information content (AvgIpc) is 1.59. The van der Waals surface area contributed by atoms with E-state index in [1.807, 2.05) is 19.9 Å². The summed E-state index contributed by atoms with van der Waals surface area (Å²) in [4.78, 5) is 7.88. The predicted octanol–water partition coefficient (Wildman–Crippen LogP) is 0.997. The van der Waals surface area contributed by atoms with Crippen LogP contribution in [-0.4, -0.2) is 9.97 Å². The zero-order chi connectivity index (χ0) is 6.85. The van der Waals surface area contributed by atoms with Crippen molar-refractivity contribution in [3.63, 3.8) is 0 Å². The van der Waals surface area contributed by atoms with E-state index in [1.54, 1.807) is 0 Å². The van der Waals surface area contributed by atoms with Gasteiger partial charge in [-0.05, 0) is 19.9 Å². The van der Waals surface area contributed by atoms with Crippen LogP contribution in [0.3, 0.4) is 0 Å². The van der Waals surface area contributed by atoms with Crippen LogP contribution in [-0.2, 0) is 29.7 Å². The molecule has 0 spiro atoms. The third-order valence-electron chi connectivity index (χ3n) is 0.962. The van der Waals surface area contributed by atoms with Crippen LogP contribution in [0, 0.1) is 13.8 Å². The molecule has 2 nitrogen and oxygen atoms in total. The van der Waals surface area contributed by atoms with Gasteiger partial charge in [0, 0.05) is 16.5 Å². The summed E-state index contributed by atoms with van der Waals surface area (Å²) in [7, 11) is 0.